The van der Waals surface area contributed by atoms with E-state index in [4.69, 9.17) is 4.74 Å². The Hall–Kier alpha value is -1.73. The van der Waals surface area contributed by atoms with Gasteiger partial charge in [-0.25, -0.2) is 4.39 Å². The fraction of sp³-hybridized carbons (Fsp3) is 0.526. The van der Waals surface area contributed by atoms with Gasteiger partial charge in [0.05, 0.1) is 0 Å². The normalized spacial score (nSPS) is 17.4. The lowest BCUT2D eigenvalue weighted by molar-refractivity contribution is 0.0783. The van der Waals surface area contributed by atoms with Crippen molar-refractivity contribution in [2.24, 2.45) is 4.99 Å². The highest BCUT2D eigenvalue weighted by atomic mass is 32.2. The van der Waals surface area contributed by atoms with Gasteiger partial charge < -0.3 is 20.4 Å². The van der Waals surface area contributed by atoms with Gasteiger partial charge in [0.15, 0.2) is 5.96 Å². The summed E-state index contributed by atoms with van der Waals surface area (Å²) in [4.78, 5) is 7.46. The number of H-pyrrole nitrogens is 1. The third kappa shape index (κ3) is 4.51. The van der Waals surface area contributed by atoms with Crippen LogP contribution in [0.25, 0.3) is 10.9 Å². The number of hydrogen-bond donors (Lipinski definition) is 3. The fourth-order valence-corrected chi connectivity index (χ4v) is 4.13. The summed E-state index contributed by atoms with van der Waals surface area (Å²) in [6.07, 6.45) is 7.08. The van der Waals surface area contributed by atoms with Gasteiger partial charge in [0.2, 0.25) is 0 Å². The monoisotopic (exact) mass is 378 g/mol. The van der Waals surface area contributed by atoms with Gasteiger partial charge in [-0.05, 0) is 49.3 Å². The summed E-state index contributed by atoms with van der Waals surface area (Å²) in [5.41, 5.74) is 2.01. The van der Waals surface area contributed by atoms with E-state index in [-0.39, 0.29) is 10.6 Å². The van der Waals surface area contributed by atoms with Crippen LogP contribution >= 0.6 is 11.8 Å². The summed E-state index contributed by atoms with van der Waals surface area (Å²) >= 11 is 1.91. The SMILES string of the molecule is CN=C(NCCc1c[nH]c2cc(F)ccc12)NCC1(SC)CCOCC1. The van der Waals surface area contributed by atoms with Crippen LogP contribution in [0.2, 0.25) is 0 Å². The first-order chi connectivity index (χ1) is 12.7. The number of ether oxygens (including phenoxy) is 1. The molecule has 3 N–H and O–H groups in total. The maximum absolute atomic E-state index is 13.3. The zero-order valence-electron chi connectivity index (χ0n) is 15.4. The topological polar surface area (TPSA) is 61.4 Å². The molecular formula is C19H27FN4OS. The van der Waals surface area contributed by atoms with E-state index in [1.807, 2.05) is 24.0 Å². The van der Waals surface area contributed by atoms with Crippen LogP contribution in [-0.4, -0.2) is 55.3 Å². The summed E-state index contributed by atoms with van der Waals surface area (Å²) in [6.45, 7) is 3.30. The molecule has 5 nitrogen and oxygen atoms in total. The van der Waals surface area contributed by atoms with Crippen molar-refractivity contribution in [3.8, 4) is 0 Å². The number of nitrogens with one attached hydrogen (secondary N) is 3. The molecule has 0 unspecified atom stereocenters. The Bertz CT molecular complexity index is 755. The number of rotatable bonds is 6. The highest BCUT2D eigenvalue weighted by molar-refractivity contribution is 8.00. The molecule has 0 spiro atoms. The molecule has 0 atom stereocenters. The van der Waals surface area contributed by atoms with Gasteiger partial charge >= 0.3 is 0 Å². The Balaban J connectivity index is 1.51. The highest BCUT2D eigenvalue weighted by Crippen LogP contribution is 2.32. The molecule has 0 aliphatic carbocycles. The van der Waals surface area contributed by atoms with Gasteiger partial charge in [-0.2, -0.15) is 11.8 Å². The number of nitrogens with zero attached hydrogens (tertiary/aromatic N) is 1. The Morgan fingerprint density at radius 3 is 2.88 bits per heavy atom. The van der Waals surface area contributed by atoms with Crippen molar-refractivity contribution in [3.05, 3.63) is 35.8 Å². The number of aromatic nitrogens is 1. The maximum atomic E-state index is 13.3. The predicted molar refractivity (Wildman–Crippen MR) is 108 cm³/mol. The van der Waals surface area contributed by atoms with E-state index in [0.29, 0.717) is 0 Å². The molecule has 2 heterocycles. The number of hydrogen-bond acceptors (Lipinski definition) is 3. The van der Waals surface area contributed by atoms with Crippen LogP contribution in [0.5, 0.6) is 0 Å². The first-order valence-corrected chi connectivity index (χ1v) is 10.2. The van der Waals surface area contributed by atoms with E-state index in [9.17, 15) is 4.39 Å². The van der Waals surface area contributed by atoms with E-state index in [1.54, 1.807) is 7.05 Å². The van der Waals surface area contributed by atoms with E-state index in [1.165, 1.54) is 17.7 Å². The van der Waals surface area contributed by atoms with Gasteiger partial charge in [-0.15, -0.1) is 0 Å². The molecule has 0 bridgehead atoms. The molecule has 0 saturated carbocycles. The predicted octanol–water partition coefficient (Wildman–Crippen LogP) is 2.93. The summed E-state index contributed by atoms with van der Waals surface area (Å²) in [7, 11) is 1.79. The Morgan fingerprint density at radius 1 is 1.35 bits per heavy atom. The molecule has 7 heteroatoms. The van der Waals surface area contributed by atoms with E-state index >= 15 is 0 Å². The Labute approximate surface area is 158 Å². The minimum absolute atomic E-state index is 0.218. The maximum Gasteiger partial charge on any atom is 0.191 e. The molecule has 1 saturated heterocycles. The van der Waals surface area contributed by atoms with Gasteiger partial charge in [-0.1, -0.05) is 0 Å². The largest absolute Gasteiger partial charge is 0.381 e. The number of benzene rings is 1. The number of halogens is 1. The van der Waals surface area contributed by atoms with Gasteiger partial charge in [0, 0.05) is 55.2 Å². The molecule has 0 radical (unpaired) electrons. The molecular weight excluding hydrogens is 351 g/mol. The third-order valence-corrected chi connectivity index (χ3v) is 6.47. The molecule has 1 aliphatic rings. The van der Waals surface area contributed by atoms with E-state index in [2.05, 4.69) is 26.9 Å². The van der Waals surface area contributed by atoms with Gasteiger partial charge in [0.25, 0.3) is 0 Å². The van der Waals surface area contributed by atoms with E-state index < -0.39 is 0 Å². The Kier molecular flexibility index (Phi) is 6.43. The molecule has 142 valence electrons. The molecule has 3 rings (SSSR count). The van der Waals surface area contributed by atoms with Crippen molar-refractivity contribution < 1.29 is 9.13 Å². The lowest BCUT2D eigenvalue weighted by Crippen LogP contribution is -2.48. The first-order valence-electron chi connectivity index (χ1n) is 8.99. The molecule has 26 heavy (non-hydrogen) atoms. The van der Waals surface area contributed by atoms with Crippen LogP contribution in [0.4, 0.5) is 4.39 Å². The second-order valence-corrected chi connectivity index (χ2v) is 7.88. The zero-order chi connectivity index (χ0) is 18.4. The average Bonchev–Trinajstić information content (AvgIpc) is 3.07. The third-order valence-electron chi connectivity index (χ3n) is 5.05. The number of aromatic amines is 1. The molecule has 1 aromatic carbocycles. The summed E-state index contributed by atoms with van der Waals surface area (Å²) in [5.74, 6) is 0.597. The minimum Gasteiger partial charge on any atom is -0.381 e. The Morgan fingerprint density at radius 2 is 2.15 bits per heavy atom. The number of fused-ring (bicyclic) bond motifs is 1. The second kappa shape index (κ2) is 8.77. The zero-order valence-corrected chi connectivity index (χ0v) is 16.2. The van der Waals surface area contributed by atoms with Crippen LogP contribution in [0.1, 0.15) is 18.4 Å². The van der Waals surface area contributed by atoms with Crippen molar-refractivity contribution in [3.63, 3.8) is 0 Å². The second-order valence-electron chi connectivity index (χ2n) is 6.61. The number of thioether (sulfide) groups is 1. The van der Waals surface area contributed by atoms with Crippen LogP contribution in [0.3, 0.4) is 0 Å². The van der Waals surface area contributed by atoms with Crippen molar-refractivity contribution in [2.45, 2.75) is 24.0 Å². The standard InChI is InChI=1S/C19H27FN4OS/c1-21-18(24-13-19(26-2)6-9-25-10-7-19)22-8-5-14-12-23-17-11-15(20)3-4-16(14)17/h3-4,11-12,23H,5-10,13H2,1-2H3,(H2,21,22,24). The van der Waals surface area contributed by atoms with Crippen LogP contribution in [0.15, 0.2) is 29.4 Å². The van der Waals surface area contributed by atoms with Crippen LogP contribution < -0.4 is 10.6 Å². The number of aliphatic imine (C=N–C) groups is 1. The summed E-state index contributed by atoms with van der Waals surface area (Å²) in [5, 5.41) is 7.90. The minimum atomic E-state index is -0.218. The van der Waals surface area contributed by atoms with Gasteiger partial charge in [-0.3, -0.25) is 4.99 Å². The lowest BCUT2D eigenvalue weighted by Gasteiger charge is -2.36. The lowest BCUT2D eigenvalue weighted by atomic mass is 9.99. The first kappa shape index (κ1) is 19.0. The van der Waals surface area contributed by atoms with Crippen LogP contribution in [-0.2, 0) is 11.2 Å². The quantitative estimate of drug-likeness (QED) is 0.534. The van der Waals surface area contributed by atoms with Crippen molar-refractivity contribution in [1.29, 1.82) is 0 Å². The van der Waals surface area contributed by atoms with Crippen molar-refractivity contribution in [1.82, 2.24) is 15.6 Å². The van der Waals surface area contributed by atoms with Gasteiger partial charge in [0.1, 0.15) is 5.82 Å². The summed E-state index contributed by atoms with van der Waals surface area (Å²) < 4.78 is 19.0. The summed E-state index contributed by atoms with van der Waals surface area (Å²) in [6, 6.07) is 4.86. The molecule has 0 amide bonds. The molecule has 1 aliphatic heterocycles. The smallest absolute Gasteiger partial charge is 0.191 e. The van der Waals surface area contributed by atoms with Crippen LogP contribution in [0, 0.1) is 5.82 Å². The average molecular weight is 379 g/mol. The molecule has 1 aromatic heterocycles. The highest BCUT2D eigenvalue weighted by Gasteiger charge is 2.31. The number of guanidine groups is 1. The van der Waals surface area contributed by atoms with Crippen molar-refractivity contribution >= 4 is 28.6 Å². The fourth-order valence-electron chi connectivity index (χ4n) is 3.34. The molecule has 2 aromatic rings. The van der Waals surface area contributed by atoms with E-state index in [0.717, 1.165) is 62.4 Å². The molecule has 1 fully saturated rings. The van der Waals surface area contributed by atoms with Crippen molar-refractivity contribution in [2.75, 3.05) is 39.6 Å².